The first kappa shape index (κ1) is 12.7. The fourth-order valence-electron chi connectivity index (χ4n) is 1.27. The second-order valence-electron chi connectivity index (χ2n) is 3.10. The van der Waals surface area contributed by atoms with Crippen molar-refractivity contribution in [2.45, 2.75) is 18.2 Å². The Kier molecular flexibility index (Phi) is 5.52. The van der Waals surface area contributed by atoms with Gasteiger partial charge in [-0.3, -0.25) is 0 Å². The average molecular weight is 233 g/mol. The molecule has 0 unspecified atom stereocenters. The van der Waals surface area contributed by atoms with Crippen LogP contribution in [0.5, 0.6) is 5.75 Å². The van der Waals surface area contributed by atoms with E-state index < -0.39 is 0 Å². The highest BCUT2D eigenvalue weighted by molar-refractivity contribution is 7.99. The van der Waals surface area contributed by atoms with Crippen LogP contribution in [-0.2, 0) is 0 Å². The van der Waals surface area contributed by atoms with Gasteiger partial charge in [-0.25, -0.2) is 0 Å². The van der Waals surface area contributed by atoms with E-state index in [-0.39, 0.29) is 0 Å². The van der Waals surface area contributed by atoms with Crippen LogP contribution in [0.4, 0.5) is 0 Å². The smallest absolute Gasteiger partial charge is 0.138 e. The summed E-state index contributed by atoms with van der Waals surface area (Å²) in [6.07, 6.45) is 2.59. The van der Waals surface area contributed by atoms with Crippen LogP contribution in [0.2, 0.25) is 0 Å². The van der Waals surface area contributed by atoms with Crippen molar-refractivity contribution < 1.29 is 4.74 Å². The first-order valence-corrected chi connectivity index (χ1v) is 6.21. The van der Waals surface area contributed by atoms with E-state index >= 15 is 0 Å². The van der Waals surface area contributed by atoms with Gasteiger partial charge in [-0.2, -0.15) is 5.26 Å². The van der Waals surface area contributed by atoms with Crippen LogP contribution in [0.1, 0.15) is 18.9 Å². The molecule has 0 aromatic heterocycles. The van der Waals surface area contributed by atoms with Crippen molar-refractivity contribution in [2.24, 2.45) is 0 Å². The number of benzene rings is 1. The molecule has 0 N–H and O–H groups in total. The van der Waals surface area contributed by atoms with Crippen LogP contribution < -0.4 is 4.74 Å². The van der Waals surface area contributed by atoms with Gasteiger partial charge in [0.1, 0.15) is 17.4 Å². The third kappa shape index (κ3) is 3.32. The van der Waals surface area contributed by atoms with Gasteiger partial charge in [-0.05, 0) is 24.3 Å². The van der Waals surface area contributed by atoms with Crippen molar-refractivity contribution in [3.05, 3.63) is 36.4 Å². The molecule has 0 spiro atoms. The number of thioether (sulfide) groups is 1. The van der Waals surface area contributed by atoms with Gasteiger partial charge < -0.3 is 4.74 Å². The van der Waals surface area contributed by atoms with E-state index in [1.807, 2.05) is 18.2 Å². The molecule has 0 aliphatic heterocycles. The van der Waals surface area contributed by atoms with Crippen LogP contribution >= 0.6 is 11.8 Å². The van der Waals surface area contributed by atoms with Gasteiger partial charge in [0.2, 0.25) is 0 Å². The highest BCUT2D eigenvalue weighted by atomic mass is 32.2. The predicted molar refractivity (Wildman–Crippen MR) is 67.9 cm³/mol. The molecule has 0 aliphatic rings. The second-order valence-corrected chi connectivity index (χ2v) is 4.41. The molecule has 0 heterocycles. The van der Waals surface area contributed by atoms with Crippen molar-refractivity contribution in [2.75, 3.05) is 12.4 Å². The third-order valence-corrected chi connectivity index (χ3v) is 2.92. The van der Waals surface area contributed by atoms with Crippen LogP contribution in [0.3, 0.4) is 0 Å². The van der Waals surface area contributed by atoms with E-state index in [2.05, 4.69) is 19.6 Å². The largest absolute Gasteiger partial charge is 0.492 e. The molecule has 2 nitrogen and oxygen atoms in total. The fraction of sp³-hybridized carbons (Fsp3) is 0.308. The van der Waals surface area contributed by atoms with Crippen molar-refractivity contribution in [3.63, 3.8) is 0 Å². The maximum atomic E-state index is 9.12. The third-order valence-electron chi connectivity index (χ3n) is 1.98. The van der Waals surface area contributed by atoms with Gasteiger partial charge in [0, 0.05) is 4.90 Å². The molecule has 84 valence electrons. The minimum Gasteiger partial charge on any atom is -0.492 e. The summed E-state index contributed by atoms with van der Waals surface area (Å²) < 4.78 is 5.55. The van der Waals surface area contributed by atoms with Crippen LogP contribution in [0.15, 0.2) is 35.7 Å². The number of nitriles is 1. The quantitative estimate of drug-likeness (QED) is 0.427. The number of rotatable bonds is 6. The van der Waals surface area contributed by atoms with Gasteiger partial charge in [0.15, 0.2) is 0 Å². The van der Waals surface area contributed by atoms with Gasteiger partial charge in [0.25, 0.3) is 0 Å². The Bertz CT molecular complexity index is 395. The topological polar surface area (TPSA) is 33.0 Å². The van der Waals surface area contributed by atoms with Crippen molar-refractivity contribution in [1.29, 1.82) is 5.26 Å². The Morgan fingerprint density at radius 3 is 3.00 bits per heavy atom. The number of nitrogens with zero attached hydrogens (tertiary/aromatic N) is 1. The Morgan fingerprint density at radius 1 is 1.56 bits per heavy atom. The maximum absolute atomic E-state index is 9.12. The van der Waals surface area contributed by atoms with Crippen LogP contribution in [-0.4, -0.2) is 12.4 Å². The van der Waals surface area contributed by atoms with Crippen LogP contribution in [0.25, 0.3) is 0 Å². The molecule has 0 saturated heterocycles. The molecule has 0 amide bonds. The molecular weight excluding hydrogens is 218 g/mol. The summed E-state index contributed by atoms with van der Waals surface area (Å²) in [5.41, 5.74) is 0.637. The predicted octanol–water partition coefficient (Wildman–Crippen LogP) is 3.63. The number of hydrogen-bond acceptors (Lipinski definition) is 3. The fourth-order valence-corrected chi connectivity index (χ4v) is 2.05. The van der Waals surface area contributed by atoms with Gasteiger partial charge in [-0.15, -0.1) is 18.3 Å². The minimum atomic E-state index is 0.568. The highest BCUT2D eigenvalue weighted by Crippen LogP contribution is 2.29. The molecule has 0 aliphatic carbocycles. The van der Waals surface area contributed by atoms with Crippen molar-refractivity contribution >= 4 is 11.8 Å². The lowest BCUT2D eigenvalue weighted by atomic mass is 10.2. The normalized spacial score (nSPS) is 9.50. The Hall–Kier alpha value is -1.40. The van der Waals surface area contributed by atoms with Crippen molar-refractivity contribution in [3.8, 4) is 11.8 Å². The zero-order valence-electron chi connectivity index (χ0n) is 9.40. The lowest BCUT2D eigenvalue weighted by Crippen LogP contribution is -1.98. The molecule has 0 radical (unpaired) electrons. The summed E-state index contributed by atoms with van der Waals surface area (Å²) in [6.45, 7) is 6.27. The monoisotopic (exact) mass is 233 g/mol. The van der Waals surface area contributed by atoms with Gasteiger partial charge in [0.05, 0.1) is 6.61 Å². The van der Waals surface area contributed by atoms with E-state index in [4.69, 9.17) is 10.00 Å². The molecule has 0 atom stereocenters. The summed E-state index contributed by atoms with van der Waals surface area (Å²) in [4.78, 5) is 0.987. The Labute approximate surface area is 101 Å². The molecule has 1 aromatic rings. The standard InChI is InChI=1S/C13H15NOS/c1-3-5-9-15-12-7-6-8-13(16-4-2)11(12)10-14/h3,6-8H,1,4-5,9H2,2H3. The second kappa shape index (κ2) is 6.97. The number of ether oxygens (including phenoxy) is 1. The van der Waals surface area contributed by atoms with E-state index in [9.17, 15) is 0 Å². The summed E-state index contributed by atoms with van der Waals surface area (Å²) in [5.74, 6) is 1.62. The molecular formula is C13H15NOS. The first-order valence-electron chi connectivity index (χ1n) is 5.23. The molecule has 3 heteroatoms. The highest BCUT2D eigenvalue weighted by Gasteiger charge is 2.08. The molecule has 0 fully saturated rings. The zero-order chi connectivity index (χ0) is 11.8. The molecule has 0 bridgehead atoms. The summed E-state index contributed by atoms with van der Waals surface area (Å²) in [5, 5.41) is 9.12. The van der Waals surface area contributed by atoms with Crippen molar-refractivity contribution in [1.82, 2.24) is 0 Å². The zero-order valence-corrected chi connectivity index (χ0v) is 10.2. The Morgan fingerprint density at radius 2 is 2.38 bits per heavy atom. The minimum absolute atomic E-state index is 0.568. The Balaban J connectivity index is 2.86. The first-order chi connectivity index (χ1) is 7.83. The van der Waals surface area contributed by atoms with E-state index in [0.717, 1.165) is 17.1 Å². The SMILES string of the molecule is C=CCCOc1cccc(SCC)c1C#N. The molecule has 1 rings (SSSR count). The van der Waals surface area contributed by atoms with E-state index in [1.54, 1.807) is 17.8 Å². The average Bonchev–Trinajstić information content (AvgIpc) is 2.30. The number of hydrogen-bond donors (Lipinski definition) is 0. The molecule has 16 heavy (non-hydrogen) atoms. The van der Waals surface area contributed by atoms with E-state index in [1.165, 1.54) is 0 Å². The molecule has 1 aromatic carbocycles. The maximum Gasteiger partial charge on any atom is 0.138 e. The lowest BCUT2D eigenvalue weighted by Gasteiger charge is -2.09. The lowest BCUT2D eigenvalue weighted by molar-refractivity contribution is 0.323. The summed E-state index contributed by atoms with van der Waals surface area (Å²) in [6, 6.07) is 7.91. The summed E-state index contributed by atoms with van der Waals surface area (Å²) in [7, 11) is 0. The van der Waals surface area contributed by atoms with E-state index in [0.29, 0.717) is 17.9 Å². The van der Waals surface area contributed by atoms with Gasteiger partial charge >= 0.3 is 0 Å². The van der Waals surface area contributed by atoms with Gasteiger partial charge in [-0.1, -0.05) is 19.1 Å². The molecule has 0 saturated carbocycles. The summed E-state index contributed by atoms with van der Waals surface area (Å²) >= 11 is 1.66. The van der Waals surface area contributed by atoms with Crippen LogP contribution in [0, 0.1) is 11.3 Å².